The highest BCUT2D eigenvalue weighted by atomic mass is 32.1. The number of halogens is 4. The minimum absolute atomic E-state index is 0.139. The van der Waals surface area contributed by atoms with Gasteiger partial charge in [0.25, 0.3) is 0 Å². The van der Waals surface area contributed by atoms with Crippen LogP contribution in [-0.4, -0.2) is 5.11 Å². The van der Waals surface area contributed by atoms with E-state index in [0.717, 1.165) is 12.0 Å². The Labute approximate surface area is 142 Å². The number of thiocarbonyl (C=S) groups is 1. The highest BCUT2D eigenvalue weighted by molar-refractivity contribution is 7.80. The normalized spacial score (nSPS) is 11.9. The fraction of sp³-hybridized carbons (Fsp3) is 0.235. The number of hydrogen-bond donors (Lipinski definition) is 2. The summed E-state index contributed by atoms with van der Waals surface area (Å²) in [6.07, 6.45) is 0.996. The third kappa shape index (κ3) is 4.03. The van der Waals surface area contributed by atoms with Crippen molar-refractivity contribution in [3.8, 4) is 0 Å². The second kappa shape index (κ2) is 7.61. The molecule has 0 amide bonds. The van der Waals surface area contributed by atoms with E-state index in [1.165, 1.54) is 0 Å². The maximum absolute atomic E-state index is 13.6. The minimum atomic E-state index is -1.54. The molecule has 128 valence electrons. The van der Waals surface area contributed by atoms with Crippen molar-refractivity contribution < 1.29 is 17.6 Å². The highest BCUT2D eigenvalue weighted by Crippen LogP contribution is 2.25. The predicted molar refractivity (Wildman–Crippen MR) is 91.3 cm³/mol. The summed E-state index contributed by atoms with van der Waals surface area (Å²) >= 11 is 4.93. The van der Waals surface area contributed by atoms with Gasteiger partial charge in [0.05, 0.1) is 0 Å². The largest absolute Gasteiger partial charge is 0.332 e. The van der Waals surface area contributed by atoms with Gasteiger partial charge in [0.2, 0.25) is 0 Å². The molecule has 0 heterocycles. The van der Waals surface area contributed by atoms with E-state index in [0.29, 0.717) is 11.6 Å². The van der Waals surface area contributed by atoms with Gasteiger partial charge in [0.1, 0.15) is 5.69 Å². The molecule has 24 heavy (non-hydrogen) atoms. The summed E-state index contributed by atoms with van der Waals surface area (Å²) in [4.78, 5) is 0. The van der Waals surface area contributed by atoms with Crippen molar-refractivity contribution in [3.05, 3.63) is 59.2 Å². The molecule has 0 spiro atoms. The molecule has 2 aromatic carbocycles. The van der Waals surface area contributed by atoms with Crippen LogP contribution in [0.15, 0.2) is 30.3 Å². The lowest BCUT2D eigenvalue weighted by molar-refractivity contribution is 0.459. The van der Waals surface area contributed by atoms with Crippen molar-refractivity contribution in [3.63, 3.8) is 0 Å². The molecule has 0 fully saturated rings. The van der Waals surface area contributed by atoms with E-state index in [2.05, 4.69) is 24.5 Å². The molecule has 0 aliphatic heterocycles. The lowest BCUT2D eigenvalue weighted by atomic mass is 9.99. The first kappa shape index (κ1) is 18.2. The number of nitrogens with one attached hydrogen (secondary N) is 2. The van der Waals surface area contributed by atoms with Crippen molar-refractivity contribution in [1.29, 1.82) is 0 Å². The molecule has 0 aliphatic rings. The Morgan fingerprint density at radius 3 is 2.04 bits per heavy atom. The van der Waals surface area contributed by atoms with E-state index in [9.17, 15) is 17.6 Å². The van der Waals surface area contributed by atoms with Gasteiger partial charge in [-0.05, 0) is 42.3 Å². The second-order valence-corrected chi connectivity index (χ2v) is 5.76. The molecule has 7 heteroatoms. The van der Waals surface area contributed by atoms with Crippen molar-refractivity contribution in [2.45, 2.75) is 26.2 Å². The van der Waals surface area contributed by atoms with E-state index in [1.54, 1.807) is 12.1 Å². The fourth-order valence-corrected chi connectivity index (χ4v) is 2.31. The van der Waals surface area contributed by atoms with Crippen LogP contribution in [0.1, 0.15) is 31.7 Å². The molecule has 1 atom stereocenters. The number of rotatable bonds is 4. The molecule has 2 nitrogen and oxygen atoms in total. The third-order valence-corrected chi connectivity index (χ3v) is 3.90. The second-order valence-electron chi connectivity index (χ2n) is 5.35. The Kier molecular flexibility index (Phi) is 5.77. The molecule has 0 aromatic heterocycles. The van der Waals surface area contributed by atoms with Crippen LogP contribution in [0.5, 0.6) is 0 Å². The predicted octanol–water partition coefficient (Wildman–Crippen LogP) is 5.57. The van der Waals surface area contributed by atoms with Crippen molar-refractivity contribution in [2.24, 2.45) is 0 Å². The van der Waals surface area contributed by atoms with E-state index < -0.39 is 29.0 Å². The van der Waals surface area contributed by atoms with Gasteiger partial charge in [-0.1, -0.05) is 26.0 Å². The first-order valence-electron chi connectivity index (χ1n) is 7.34. The lowest BCUT2D eigenvalue weighted by Gasteiger charge is -2.14. The van der Waals surface area contributed by atoms with E-state index in [4.69, 9.17) is 12.2 Å². The average molecular weight is 356 g/mol. The van der Waals surface area contributed by atoms with Crippen LogP contribution in [0.25, 0.3) is 0 Å². The smallest absolute Gasteiger partial charge is 0.185 e. The zero-order valence-electron chi connectivity index (χ0n) is 13.1. The molecule has 0 saturated carbocycles. The van der Waals surface area contributed by atoms with Crippen LogP contribution in [0.3, 0.4) is 0 Å². The van der Waals surface area contributed by atoms with Gasteiger partial charge in [-0.25, -0.2) is 17.6 Å². The average Bonchev–Trinajstić information content (AvgIpc) is 2.57. The number of hydrogen-bond acceptors (Lipinski definition) is 1. The standard InChI is InChI=1S/C17H16F4N2S/c1-3-9(2)10-4-6-11(7-5-10)22-17(24)23-16-14(20)12(18)8-13(19)15(16)21/h4-9H,3H2,1-2H3,(H2,22,23,24). The molecular weight excluding hydrogens is 340 g/mol. The molecule has 1 unspecified atom stereocenters. The molecular formula is C17H16F4N2S. The first-order chi connectivity index (χ1) is 11.3. The highest BCUT2D eigenvalue weighted by Gasteiger charge is 2.19. The molecule has 0 aliphatic carbocycles. The van der Waals surface area contributed by atoms with Crippen molar-refractivity contribution >= 4 is 28.7 Å². The molecule has 2 N–H and O–H groups in total. The van der Waals surface area contributed by atoms with Crippen molar-refractivity contribution in [1.82, 2.24) is 0 Å². The van der Waals surface area contributed by atoms with Gasteiger partial charge in [-0.2, -0.15) is 0 Å². The van der Waals surface area contributed by atoms with E-state index >= 15 is 0 Å². The zero-order valence-corrected chi connectivity index (χ0v) is 13.9. The van der Waals surface area contributed by atoms with Gasteiger partial charge < -0.3 is 10.6 Å². The summed E-state index contributed by atoms with van der Waals surface area (Å²) in [7, 11) is 0. The maximum atomic E-state index is 13.6. The Morgan fingerprint density at radius 1 is 1.00 bits per heavy atom. The van der Waals surface area contributed by atoms with Gasteiger partial charge in [0, 0.05) is 11.8 Å². The Bertz CT molecular complexity index is 721. The topological polar surface area (TPSA) is 24.1 Å². The Morgan fingerprint density at radius 2 is 1.54 bits per heavy atom. The van der Waals surface area contributed by atoms with Crippen molar-refractivity contribution in [2.75, 3.05) is 10.6 Å². The summed E-state index contributed by atoms with van der Waals surface area (Å²) in [5.41, 5.74) is 0.754. The quantitative estimate of drug-likeness (QED) is 0.426. The maximum Gasteiger partial charge on any atom is 0.185 e. The summed E-state index contributed by atoms with van der Waals surface area (Å²) in [6.45, 7) is 4.18. The third-order valence-electron chi connectivity index (χ3n) is 3.70. The molecule has 2 rings (SSSR count). The lowest BCUT2D eigenvalue weighted by Crippen LogP contribution is -2.21. The van der Waals surface area contributed by atoms with Crippen LogP contribution < -0.4 is 10.6 Å². The van der Waals surface area contributed by atoms with Crippen LogP contribution in [-0.2, 0) is 0 Å². The van der Waals surface area contributed by atoms with Gasteiger partial charge in [0.15, 0.2) is 28.4 Å². The van der Waals surface area contributed by atoms with E-state index in [-0.39, 0.29) is 11.2 Å². The molecule has 2 aromatic rings. The Balaban J connectivity index is 2.12. The molecule has 0 bridgehead atoms. The molecule has 0 saturated heterocycles. The minimum Gasteiger partial charge on any atom is -0.332 e. The summed E-state index contributed by atoms with van der Waals surface area (Å²) in [6, 6.07) is 7.47. The van der Waals surface area contributed by atoms with Gasteiger partial charge in [-0.15, -0.1) is 0 Å². The van der Waals surface area contributed by atoms with Crippen LogP contribution in [0, 0.1) is 23.3 Å². The zero-order chi connectivity index (χ0) is 17.9. The SMILES string of the molecule is CCC(C)c1ccc(NC(=S)Nc2c(F)c(F)cc(F)c2F)cc1. The first-order valence-corrected chi connectivity index (χ1v) is 7.75. The van der Waals surface area contributed by atoms with Crippen LogP contribution >= 0.6 is 12.2 Å². The van der Waals surface area contributed by atoms with Gasteiger partial charge >= 0.3 is 0 Å². The summed E-state index contributed by atoms with van der Waals surface area (Å²) < 4.78 is 53.5. The summed E-state index contributed by atoms with van der Waals surface area (Å²) in [5, 5.41) is 4.67. The van der Waals surface area contributed by atoms with E-state index in [1.807, 2.05) is 12.1 Å². The van der Waals surface area contributed by atoms with Crippen LogP contribution in [0.4, 0.5) is 28.9 Å². The summed E-state index contributed by atoms with van der Waals surface area (Å²) in [5.74, 6) is -5.67. The number of anilines is 2. The fourth-order valence-electron chi connectivity index (χ4n) is 2.09. The monoisotopic (exact) mass is 356 g/mol. The number of benzene rings is 2. The van der Waals surface area contributed by atoms with Crippen LogP contribution in [0.2, 0.25) is 0 Å². The van der Waals surface area contributed by atoms with Gasteiger partial charge in [-0.3, -0.25) is 0 Å². The Hall–Kier alpha value is -2.15. The molecule has 0 radical (unpaired) electrons.